The molecule has 0 atom stereocenters. The van der Waals surface area contributed by atoms with Gasteiger partial charge in [0.15, 0.2) is 6.61 Å². The summed E-state index contributed by atoms with van der Waals surface area (Å²) in [5.74, 6) is -0.455. The maximum Gasteiger partial charge on any atom is 0.276 e. The van der Waals surface area contributed by atoms with Crippen molar-refractivity contribution in [1.29, 1.82) is 0 Å². The van der Waals surface area contributed by atoms with Crippen molar-refractivity contribution in [1.82, 2.24) is 10.9 Å². The average molecular weight is 367 g/mol. The van der Waals surface area contributed by atoms with Gasteiger partial charge in [-0.2, -0.15) is 0 Å². The van der Waals surface area contributed by atoms with Gasteiger partial charge in [-0.25, -0.2) is 0 Å². The molecule has 0 spiro atoms. The molecule has 0 aliphatic heterocycles. The van der Waals surface area contributed by atoms with E-state index in [1.807, 2.05) is 26.0 Å². The van der Waals surface area contributed by atoms with Crippen molar-refractivity contribution in [3.05, 3.63) is 63.1 Å². The van der Waals surface area contributed by atoms with E-state index in [1.54, 1.807) is 6.07 Å². The van der Waals surface area contributed by atoms with E-state index in [1.165, 1.54) is 18.2 Å². The van der Waals surface area contributed by atoms with Crippen molar-refractivity contribution in [2.75, 3.05) is 6.61 Å². The highest BCUT2D eigenvalue weighted by molar-refractivity contribution is 6.36. The minimum Gasteiger partial charge on any atom is -0.484 e. The molecule has 24 heavy (non-hydrogen) atoms. The molecule has 2 rings (SSSR count). The molecular formula is C17H16Cl2N2O3. The number of carbonyl (C=O) groups is 2. The number of carbonyl (C=O) groups excluding carboxylic acids is 2. The summed E-state index contributed by atoms with van der Waals surface area (Å²) in [7, 11) is 0. The average Bonchev–Trinajstić information content (AvgIpc) is 2.53. The SMILES string of the molecule is Cc1ccc(OCC(=O)NNC(=O)c2ccc(Cl)cc2Cl)cc1C. The second kappa shape index (κ2) is 8.04. The third-order valence-electron chi connectivity index (χ3n) is 3.34. The molecular weight excluding hydrogens is 351 g/mol. The largest absolute Gasteiger partial charge is 0.484 e. The van der Waals surface area contributed by atoms with E-state index in [9.17, 15) is 9.59 Å². The molecule has 2 aromatic rings. The molecule has 126 valence electrons. The number of aryl methyl sites for hydroxylation is 2. The number of hydrazine groups is 1. The lowest BCUT2D eigenvalue weighted by Crippen LogP contribution is -2.43. The van der Waals surface area contributed by atoms with E-state index in [2.05, 4.69) is 10.9 Å². The maximum absolute atomic E-state index is 11.9. The Morgan fingerprint density at radius 1 is 1.00 bits per heavy atom. The van der Waals surface area contributed by atoms with E-state index in [0.717, 1.165) is 11.1 Å². The lowest BCUT2D eigenvalue weighted by molar-refractivity contribution is -0.123. The van der Waals surface area contributed by atoms with Crippen LogP contribution < -0.4 is 15.6 Å². The third-order valence-corrected chi connectivity index (χ3v) is 3.89. The summed E-state index contributed by atoms with van der Waals surface area (Å²) in [5.41, 5.74) is 6.94. The smallest absolute Gasteiger partial charge is 0.276 e. The minimum atomic E-state index is -0.545. The fraction of sp³-hybridized carbons (Fsp3) is 0.176. The van der Waals surface area contributed by atoms with Crippen molar-refractivity contribution < 1.29 is 14.3 Å². The van der Waals surface area contributed by atoms with Crippen LogP contribution in [0, 0.1) is 13.8 Å². The quantitative estimate of drug-likeness (QED) is 0.814. The predicted octanol–water partition coefficient (Wildman–Crippen LogP) is 3.45. The molecule has 0 saturated heterocycles. The summed E-state index contributed by atoms with van der Waals surface area (Å²) in [5, 5.41) is 0.614. The number of rotatable bonds is 4. The normalized spacial score (nSPS) is 10.2. The Labute approximate surface area is 149 Å². The van der Waals surface area contributed by atoms with E-state index in [4.69, 9.17) is 27.9 Å². The predicted molar refractivity (Wildman–Crippen MR) is 93.5 cm³/mol. The number of ether oxygens (including phenoxy) is 1. The van der Waals surface area contributed by atoms with Crippen LogP contribution >= 0.6 is 23.2 Å². The molecule has 0 radical (unpaired) electrons. The molecule has 5 nitrogen and oxygen atoms in total. The summed E-state index contributed by atoms with van der Waals surface area (Å²) in [6.07, 6.45) is 0. The molecule has 0 saturated carbocycles. The van der Waals surface area contributed by atoms with E-state index in [-0.39, 0.29) is 17.2 Å². The monoisotopic (exact) mass is 366 g/mol. The molecule has 0 heterocycles. The van der Waals surface area contributed by atoms with Gasteiger partial charge in [0.25, 0.3) is 11.8 Å². The Balaban J connectivity index is 1.84. The second-order valence-corrected chi connectivity index (χ2v) is 6.00. The van der Waals surface area contributed by atoms with Gasteiger partial charge in [-0.05, 0) is 55.3 Å². The first-order valence-corrected chi connectivity index (χ1v) is 7.86. The van der Waals surface area contributed by atoms with Gasteiger partial charge in [-0.1, -0.05) is 29.3 Å². The molecule has 7 heteroatoms. The minimum absolute atomic E-state index is 0.195. The number of benzene rings is 2. The first-order chi connectivity index (χ1) is 11.4. The van der Waals surface area contributed by atoms with Crippen LogP contribution in [-0.4, -0.2) is 18.4 Å². The fourth-order valence-electron chi connectivity index (χ4n) is 1.86. The summed E-state index contributed by atoms with van der Waals surface area (Å²) < 4.78 is 5.37. The molecule has 0 bridgehead atoms. The zero-order chi connectivity index (χ0) is 17.7. The zero-order valence-corrected chi connectivity index (χ0v) is 14.7. The summed E-state index contributed by atoms with van der Waals surface area (Å²) in [4.78, 5) is 23.7. The summed E-state index contributed by atoms with van der Waals surface area (Å²) in [6, 6.07) is 9.98. The molecule has 0 unspecified atom stereocenters. The van der Waals surface area contributed by atoms with Gasteiger partial charge >= 0.3 is 0 Å². The van der Waals surface area contributed by atoms with Gasteiger partial charge in [-0.15, -0.1) is 0 Å². The van der Waals surface area contributed by atoms with Gasteiger partial charge in [0, 0.05) is 5.02 Å². The zero-order valence-electron chi connectivity index (χ0n) is 13.2. The molecule has 0 fully saturated rings. The fourth-order valence-corrected chi connectivity index (χ4v) is 2.35. The first-order valence-electron chi connectivity index (χ1n) is 7.11. The van der Waals surface area contributed by atoms with Crippen molar-refractivity contribution in [3.8, 4) is 5.75 Å². The van der Waals surface area contributed by atoms with Crippen LogP contribution in [0.3, 0.4) is 0 Å². The Kier molecular flexibility index (Phi) is 6.06. The Morgan fingerprint density at radius 2 is 1.75 bits per heavy atom. The standard InChI is InChI=1S/C17H16Cl2N2O3/c1-10-3-5-13(7-11(10)2)24-9-16(22)20-21-17(23)14-6-4-12(18)8-15(14)19/h3-8H,9H2,1-2H3,(H,20,22)(H,21,23). The number of hydrogen-bond acceptors (Lipinski definition) is 3. The lowest BCUT2D eigenvalue weighted by Gasteiger charge is -2.10. The van der Waals surface area contributed by atoms with Crippen LogP contribution in [0.5, 0.6) is 5.75 Å². The number of amides is 2. The molecule has 0 aromatic heterocycles. The van der Waals surface area contributed by atoms with Crippen LogP contribution in [0.4, 0.5) is 0 Å². The van der Waals surface area contributed by atoms with Crippen molar-refractivity contribution in [2.24, 2.45) is 0 Å². The van der Waals surface area contributed by atoms with Gasteiger partial charge in [0.1, 0.15) is 5.75 Å². The lowest BCUT2D eigenvalue weighted by atomic mass is 10.1. The van der Waals surface area contributed by atoms with Gasteiger partial charge in [0.05, 0.1) is 10.6 Å². The second-order valence-electron chi connectivity index (χ2n) is 5.16. The van der Waals surface area contributed by atoms with E-state index >= 15 is 0 Å². The highest BCUT2D eigenvalue weighted by Gasteiger charge is 2.12. The molecule has 2 aromatic carbocycles. The van der Waals surface area contributed by atoms with Crippen LogP contribution in [-0.2, 0) is 4.79 Å². The third kappa shape index (κ3) is 4.88. The molecule has 2 N–H and O–H groups in total. The van der Waals surface area contributed by atoms with Crippen molar-refractivity contribution in [2.45, 2.75) is 13.8 Å². The number of hydrogen-bond donors (Lipinski definition) is 2. The summed E-state index contributed by atoms with van der Waals surface area (Å²) in [6.45, 7) is 3.72. The Morgan fingerprint density at radius 3 is 2.42 bits per heavy atom. The van der Waals surface area contributed by atoms with Gasteiger partial charge in [0.2, 0.25) is 0 Å². The van der Waals surface area contributed by atoms with Crippen LogP contribution in [0.1, 0.15) is 21.5 Å². The maximum atomic E-state index is 11.9. The van der Waals surface area contributed by atoms with Crippen molar-refractivity contribution in [3.63, 3.8) is 0 Å². The highest BCUT2D eigenvalue weighted by atomic mass is 35.5. The van der Waals surface area contributed by atoms with E-state index in [0.29, 0.717) is 10.8 Å². The first kappa shape index (κ1) is 18.1. The van der Waals surface area contributed by atoms with Gasteiger partial charge < -0.3 is 4.74 Å². The number of halogens is 2. The van der Waals surface area contributed by atoms with E-state index < -0.39 is 11.8 Å². The highest BCUT2D eigenvalue weighted by Crippen LogP contribution is 2.20. The molecule has 0 aliphatic rings. The number of nitrogens with one attached hydrogen (secondary N) is 2. The van der Waals surface area contributed by atoms with Gasteiger partial charge in [-0.3, -0.25) is 20.4 Å². The van der Waals surface area contributed by atoms with Crippen LogP contribution in [0.15, 0.2) is 36.4 Å². The summed E-state index contributed by atoms with van der Waals surface area (Å²) >= 11 is 11.7. The Hall–Kier alpha value is -2.24. The van der Waals surface area contributed by atoms with Crippen LogP contribution in [0.25, 0.3) is 0 Å². The topological polar surface area (TPSA) is 67.4 Å². The molecule has 2 amide bonds. The van der Waals surface area contributed by atoms with Crippen molar-refractivity contribution >= 4 is 35.0 Å². The molecule has 0 aliphatic carbocycles. The Bertz CT molecular complexity index is 778. The van der Waals surface area contributed by atoms with Crippen LogP contribution in [0.2, 0.25) is 10.0 Å².